The molecule has 3 heteroatoms. The van der Waals surface area contributed by atoms with E-state index < -0.39 is 0 Å². The van der Waals surface area contributed by atoms with Crippen molar-refractivity contribution in [3.63, 3.8) is 0 Å². The smallest absolute Gasteiger partial charge is 0.0512 e. The molecule has 4 saturated heterocycles. The number of piperidine rings is 3. The largest absolute Gasteiger partial charge is 0.393 e. The first kappa shape index (κ1) is 11.9. The topological polar surface area (TPSA) is 26.7 Å². The number of likely N-dealkylation sites (N-methyl/N-ethyl adjacent to an activating group) is 1. The molecule has 4 aliphatic rings. The number of fused-ring (bicyclic) bond motifs is 2. The molecule has 4 rings (SSSR count). The molecule has 0 saturated carbocycles. The lowest BCUT2D eigenvalue weighted by molar-refractivity contribution is 0.00104. The van der Waals surface area contributed by atoms with Crippen LogP contribution in [0.2, 0.25) is 0 Å². The average molecular weight is 238 g/mol. The van der Waals surface area contributed by atoms with E-state index in [0.29, 0.717) is 6.04 Å². The van der Waals surface area contributed by atoms with E-state index >= 15 is 0 Å². The van der Waals surface area contributed by atoms with E-state index in [9.17, 15) is 5.11 Å². The highest BCUT2D eigenvalue weighted by atomic mass is 16.3. The van der Waals surface area contributed by atoms with Gasteiger partial charge in [0.25, 0.3) is 0 Å². The Balaban J connectivity index is 1.71. The molecule has 3 nitrogen and oxygen atoms in total. The van der Waals surface area contributed by atoms with E-state index in [-0.39, 0.29) is 6.10 Å². The lowest BCUT2D eigenvalue weighted by Gasteiger charge is -2.49. The van der Waals surface area contributed by atoms with Crippen LogP contribution in [0.5, 0.6) is 0 Å². The Kier molecular flexibility index (Phi) is 3.18. The Labute approximate surface area is 105 Å². The maximum Gasteiger partial charge on any atom is 0.0512 e. The van der Waals surface area contributed by atoms with Crippen molar-refractivity contribution in [1.29, 1.82) is 0 Å². The van der Waals surface area contributed by atoms with Crippen LogP contribution >= 0.6 is 0 Å². The van der Waals surface area contributed by atoms with Crippen molar-refractivity contribution in [1.82, 2.24) is 9.80 Å². The number of aliphatic hydroxyl groups excluding tert-OH is 1. The second-order valence-corrected chi connectivity index (χ2v) is 6.46. The van der Waals surface area contributed by atoms with Crippen molar-refractivity contribution in [2.75, 3.05) is 26.7 Å². The molecule has 98 valence electrons. The monoisotopic (exact) mass is 238 g/mol. The van der Waals surface area contributed by atoms with Gasteiger partial charge in [0.05, 0.1) is 6.10 Å². The normalized spacial score (nSPS) is 47.1. The van der Waals surface area contributed by atoms with Gasteiger partial charge in [-0.25, -0.2) is 0 Å². The first-order chi connectivity index (χ1) is 8.16. The molecule has 17 heavy (non-hydrogen) atoms. The van der Waals surface area contributed by atoms with Crippen molar-refractivity contribution in [2.24, 2.45) is 11.8 Å². The van der Waals surface area contributed by atoms with Gasteiger partial charge in [-0.1, -0.05) is 0 Å². The van der Waals surface area contributed by atoms with Crippen molar-refractivity contribution in [3.05, 3.63) is 0 Å². The minimum absolute atomic E-state index is 0.141. The first-order valence-corrected chi connectivity index (χ1v) is 7.29. The van der Waals surface area contributed by atoms with E-state index in [1.54, 1.807) is 0 Å². The van der Waals surface area contributed by atoms with Crippen LogP contribution in [0.25, 0.3) is 0 Å². The summed E-state index contributed by atoms with van der Waals surface area (Å²) in [7, 11) is 2.28. The summed E-state index contributed by atoms with van der Waals surface area (Å²) in [5.41, 5.74) is 0. The summed E-state index contributed by atoms with van der Waals surface area (Å²) in [6.45, 7) is 5.85. The lowest BCUT2D eigenvalue weighted by atomic mass is 9.73. The summed E-state index contributed by atoms with van der Waals surface area (Å²) in [5, 5.41) is 9.49. The SMILES string of the molecule is CC(O)CCC1C2C(CN1C)C1CCN2CC1. The molecule has 4 aliphatic heterocycles. The highest BCUT2D eigenvalue weighted by Gasteiger charge is 2.50. The molecule has 0 amide bonds. The number of nitrogens with zero attached hydrogens (tertiary/aromatic N) is 2. The molecule has 0 aromatic rings. The van der Waals surface area contributed by atoms with Gasteiger partial charge in [0.15, 0.2) is 0 Å². The van der Waals surface area contributed by atoms with Crippen LogP contribution in [0, 0.1) is 11.8 Å². The van der Waals surface area contributed by atoms with Gasteiger partial charge in [-0.3, -0.25) is 4.90 Å². The standard InChI is InChI=1S/C14H26N2O/c1-10(17)3-4-13-14-12(9-15(13)2)11-5-7-16(14)8-6-11/h10-14,17H,3-9H2,1-2H3. The van der Waals surface area contributed by atoms with Gasteiger partial charge in [-0.05, 0) is 64.6 Å². The Hall–Kier alpha value is -0.120. The van der Waals surface area contributed by atoms with Gasteiger partial charge in [0.2, 0.25) is 0 Å². The van der Waals surface area contributed by atoms with Gasteiger partial charge in [0, 0.05) is 18.6 Å². The van der Waals surface area contributed by atoms with Crippen LogP contribution in [0.3, 0.4) is 0 Å². The maximum atomic E-state index is 9.49. The molecular weight excluding hydrogens is 212 g/mol. The quantitative estimate of drug-likeness (QED) is 0.799. The van der Waals surface area contributed by atoms with Crippen molar-refractivity contribution in [3.8, 4) is 0 Å². The summed E-state index contributed by atoms with van der Waals surface area (Å²) in [6.07, 6.45) is 4.84. The van der Waals surface area contributed by atoms with Crippen LogP contribution in [0.1, 0.15) is 32.6 Å². The molecule has 1 N–H and O–H groups in total. The number of rotatable bonds is 3. The van der Waals surface area contributed by atoms with E-state index in [1.165, 1.54) is 38.9 Å². The van der Waals surface area contributed by atoms with Gasteiger partial charge < -0.3 is 10.0 Å². The molecule has 4 heterocycles. The molecule has 4 fully saturated rings. The fraction of sp³-hybridized carbons (Fsp3) is 1.00. The van der Waals surface area contributed by atoms with E-state index in [4.69, 9.17) is 0 Å². The van der Waals surface area contributed by atoms with Gasteiger partial charge in [-0.2, -0.15) is 0 Å². The molecule has 0 aromatic heterocycles. The van der Waals surface area contributed by atoms with Gasteiger partial charge in [-0.15, -0.1) is 0 Å². The third-order valence-electron chi connectivity index (χ3n) is 5.38. The number of aliphatic hydroxyl groups is 1. The summed E-state index contributed by atoms with van der Waals surface area (Å²) >= 11 is 0. The van der Waals surface area contributed by atoms with Crippen molar-refractivity contribution < 1.29 is 5.11 Å². The van der Waals surface area contributed by atoms with Crippen LogP contribution in [-0.2, 0) is 0 Å². The van der Waals surface area contributed by atoms with Crippen LogP contribution in [-0.4, -0.2) is 59.8 Å². The van der Waals surface area contributed by atoms with E-state index in [0.717, 1.165) is 24.3 Å². The van der Waals surface area contributed by atoms with E-state index in [1.807, 2.05) is 6.92 Å². The minimum atomic E-state index is -0.141. The van der Waals surface area contributed by atoms with Crippen LogP contribution in [0.15, 0.2) is 0 Å². The fourth-order valence-corrected chi connectivity index (χ4v) is 4.51. The highest BCUT2D eigenvalue weighted by Crippen LogP contribution is 2.44. The summed E-state index contributed by atoms with van der Waals surface area (Å²) in [6, 6.07) is 1.49. The first-order valence-electron chi connectivity index (χ1n) is 7.29. The Morgan fingerprint density at radius 3 is 2.65 bits per heavy atom. The summed E-state index contributed by atoms with van der Waals surface area (Å²) in [4.78, 5) is 5.30. The molecule has 0 aromatic carbocycles. The van der Waals surface area contributed by atoms with E-state index in [2.05, 4.69) is 16.8 Å². The highest BCUT2D eigenvalue weighted by molar-refractivity contribution is 5.05. The Morgan fingerprint density at radius 2 is 2.00 bits per heavy atom. The molecule has 4 atom stereocenters. The zero-order valence-electron chi connectivity index (χ0n) is 11.2. The molecule has 0 aliphatic carbocycles. The molecule has 0 spiro atoms. The zero-order chi connectivity index (χ0) is 12.0. The second-order valence-electron chi connectivity index (χ2n) is 6.46. The summed E-state index contributed by atoms with van der Waals surface area (Å²) in [5.74, 6) is 1.91. The third kappa shape index (κ3) is 2.02. The Morgan fingerprint density at radius 1 is 1.29 bits per heavy atom. The third-order valence-corrected chi connectivity index (χ3v) is 5.38. The van der Waals surface area contributed by atoms with Crippen molar-refractivity contribution >= 4 is 0 Å². The van der Waals surface area contributed by atoms with Crippen molar-refractivity contribution in [2.45, 2.75) is 50.8 Å². The zero-order valence-corrected chi connectivity index (χ0v) is 11.2. The van der Waals surface area contributed by atoms with Crippen LogP contribution < -0.4 is 0 Å². The molecule has 0 radical (unpaired) electrons. The fourth-order valence-electron chi connectivity index (χ4n) is 4.51. The summed E-state index contributed by atoms with van der Waals surface area (Å²) < 4.78 is 0. The number of likely N-dealkylation sites (tertiary alicyclic amines) is 1. The minimum Gasteiger partial charge on any atom is -0.393 e. The Bertz CT molecular complexity index is 273. The van der Waals surface area contributed by atoms with Crippen LogP contribution in [0.4, 0.5) is 0 Å². The predicted octanol–water partition coefficient (Wildman–Crippen LogP) is 1.17. The number of hydrogen-bond acceptors (Lipinski definition) is 3. The number of hydrogen-bond donors (Lipinski definition) is 1. The average Bonchev–Trinajstić information content (AvgIpc) is 2.66. The lowest BCUT2D eigenvalue weighted by Crippen LogP contribution is -2.57. The van der Waals surface area contributed by atoms with Gasteiger partial charge >= 0.3 is 0 Å². The predicted molar refractivity (Wildman–Crippen MR) is 68.9 cm³/mol. The molecule has 2 bridgehead atoms. The van der Waals surface area contributed by atoms with Gasteiger partial charge in [0.1, 0.15) is 0 Å². The molecular formula is C14H26N2O. The maximum absolute atomic E-state index is 9.49. The molecule has 4 unspecified atom stereocenters. The second kappa shape index (κ2) is 4.52.